The van der Waals surface area contributed by atoms with Gasteiger partial charge in [-0.2, -0.15) is 11.3 Å². The van der Waals surface area contributed by atoms with E-state index in [1.165, 1.54) is 5.56 Å². The van der Waals surface area contributed by atoms with Gasteiger partial charge in [0, 0.05) is 44.5 Å². The Balaban J connectivity index is 1.59. The summed E-state index contributed by atoms with van der Waals surface area (Å²) >= 11 is 1.69. The third-order valence-electron chi connectivity index (χ3n) is 4.69. The minimum absolute atomic E-state index is 0.200. The zero-order valence-electron chi connectivity index (χ0n) is 15.3. The van der Waals surface area contributed by atoms with Crippen molar-refractivity contribution < 1.29 is 9.53 Å². The maximum atomic E-state index is 12.3. The third-order valence-corrected chi connectivity index (χ3v) is 5.39. The number of amides is 2. The van der Waals surface area contributed by atoms with Crippen molar-refractivity contribution in [3.05, 3.63) is 46.7 Å². The van der Waals surface area contributed by atoms with Crippen molar-refractivity contribution in [1.82, 2.24) is 15.1 Å². The zero-order chi connectivity index (χ0) is 18.4. The van der Waals surface area contributed by atoms with Crippen LogP contribution in [0.2, 0.25) is 0 Å². The van der Waals surface area contributed by atoms with E-state index in [1.54, 1.807) is 24.5 Å². The Morgan fingerprint density at radius 2 is 2.08 bits per heavy atom. The SMILES string of the molecule is COc1cccc(NC(=O)NCC(c2ccsc2)N2CCN(C)CC2)c1. The first-order valence-electron chi connectivity index (χ1n) is 8.79. The molecule has 1 unspecified atom stereocenters. The Bertz CT molecular complexity index is 699. The Labute approximate surface area is 158 Å². The fourth-order valence-electron chi connectivity index (χ4n) is 3.12. The number of hydrogen-bond acceptors (Lipinski definition) is 5. The highest BCUT2D eigenvalue weighted by molar-refractivity contribution is 7.07. The number of ether oxygens (including phenoxy) is 1. The van der Waals surface area contributed by atoms with Crippen LogP contribution in [0, 0.1) is 0 Å². The van der Waals surface area contributed by atoms with Crippen molar-refractivity contribution in [3.8, 4) is 5.75 Å². The zero-order valence-corrected chi connectivity index (χ0v) is 16.1. The molecular formula is C19H26N4O2S. The summed E-state index contributed by atoms with van der Waals surface area (Å²) < 4.78 is 5.19. The summed E-state index contributed by atoms with van der Waals surface area (Å²) in [5.74, 6) is 0.719. The lowest BCUT2D eigenvalue weighted by Gasteiger charge is -2.37. The maximum Gasteiger partial charge on any atom is 0.319 e. The summed E-state index contributed by atoms with van der Waals surface area (Å²) in [5, 5.41) is 10.2. The molecule has 6 nitrogen and oxygen atoms in total. The monoisotopic (exact) mass is 374 g/mol. The number of anilines is 1. The molecule has 1 aliphatic rings. The molecule has 0 radical (unpaired) electrons. The molecule has 2 amide bonds. The normalized spacial score (nSPS) is 16.8. The predicted octanol–water partition coefficient (Wildman–Crippen LogP) is 2.87. The van der Waals surface area contributed by atoms with Gasteiger partial charge in [0.25, 0.3) is 0 Å². The van der Waals surface area contributed by atoms with Crippen molar-refractivity contribution in [2.45, 2.75) is 6.04 Å². The van der Waals surface area contributed by atoms with Crippen LogP contribution >= 0.6 is 11.3 Å². The number of carbonyl (C=O) groups is 1. The first-order valence-corrected chi connectivity index (χ1v) is 9.73. The van der Waals surface area contributed by atoms with Gasteiger partial charge < -0.3 is 20.3 Å². The second-order valence-corrected chi connectivity index (χ2v) is 7.26. The summed E-state index contributed by atoms with van der Waals surface area (Å²) in [6.45, 7) is 4.70. The Hall–Kier alpha value is -2.09. The highest BCUT2D eigenvalue weighted by Gasteiger charge is 2.24. The van der Waals surface area contributed by atoms with E-state index < -0.39 is 0 Å². The van der Waals surface area contributed by atoms with E-state index in [2.05, 4.69) is 44.3 Å². The van der Waals surface area contributed by atoms with E-state index in [0.29, 0.717) is 12.2 Å². The number of likely N-dealkylation sites (N-methyl/N-ethyl adjacent to an activating group) is 1. The van der Waals surface area contributed by atoms with E-state index in [9.17, 15) is 4.79 Å². The molecule has 1 aromatic heterocycles. The van der Waals surface area contributed by atoms with Gasteiger partial charge in [-0.3, -0.25) is 4.90 Å². The van der Waals surface area contributed by atoms with Crippen LogP contribution in [-0.4, -0.2) is 62.7 Å². The molecule has 0 spiro atoms. The van der Waals surface area contributed by atoms with Crippen LogP contribution in [0.3, 0.4) is 0 Å². The lowest BCUT2D eigenvalue weighted by Crippen LogP contribution is -2.48. The van der Waals surface area contributed by atoms with Crippen LogP contribution in [0.4, 0.5) is 10.5 Å². The average Bonchev–Trinajstić information content (AvgIpc) is 3.18. The van der Waals surface area contributed by atoms with E-state index in [-0.39, 0.29) is 12.1 Å². The Morgan fingerprint density at radius 3 is 2.77 bits per heavy atom. The fourth-order valence-corrected chi connectivity index (χ4v) is 3.83. The molecule has 1 saturated heterocycles. The van der Waals surface area contributed by atoms with Gasteiger partial charge in [-0.25, -0.2) is 4.79 Å². The van der Waals surface area contributed by atoms with Crippen LogP contribution in [0.5, 0.6) is 5.75 Å². The summed E-state index contributed by atoms with van der Waals surface area (Å²) in [7, 11) is 3.76. The predicted molar refractivity (Wildman–Crippen MR) is 106 cm³/mol. The van der Waals surface area contributed by atoms with E-state index in [4.69, 9.17) is 4.74 Å². The van der Waals surface area contributed by atoms with Crippen LogP contribution in [0.1, 0.15) is 11.6 Å². The molecule has 2 aromatic rings. The smallest absolute Gasteiger partial charge is 0.319 e. The molecule has 7 heteroatoms. The highest BCUT2D eigenvalue weighted by atomic mass is 32.1. The highest BCUT2D eigenvalue weighted by Crippen LogP contribution is 2.24. The number of piperazine rings is 1. The second-order valence-electron chi connectivity index (χ2n) is 6.48. The van der Waals surface area contributed by atoms with Gasteiger partial charge >= 0.3 is 6.03 Å². The molecule has 3 rings (SSSR count). The number of urea groups is 1. The van der Waals surface area contributed by atoms with E-state index >= 15 is 0 Å². The van der Waals surface area contributed by atoms with Gasteiger partial charge in [-0.1, -0.05) is 6.07 Å². The molecule has 0 aliphatic carbocycles. The van der Waals surface area contributed by atoms with Crippen LogP contribution in [0.15, 0.2) is 41.1 Å². The number of hydrogen-bond donors (Lipinski definition) is 2. The number of benzene rings is 1. The van der Waals surface area contributed by atoms with Gasteiger partial charge in [0.05, 0.1) is 13.2 Å². The summed E-state index contributed by atoms with van der Waals surface area (Å²) in [4.78, 5) is 17.1. The van der Waals surface area contributed by atoms with Gasteiger partial charge in [0.2, 0.25) is 0 Å². The number of rotatable bonds is 6. The molecule has 26 heavy (non-hydrogen) atoms. The molecule has 0 bridgehead atoms. The number of nitrogens with one attached hydrogen (secondary N) is 2. The summed E-state index contributed by atoms with van der Waals surface area (Å²) in [5.41, 5.74) is 1.98. The Kier molecular flexibility index (Phi) is 6.49. The van der Waals surface area contributed by atoms with E-state index in [1.807, 2.05) is 18.2 Å². The van der Waals surface area contributed by atoms with Gasteiger partial charge in [0.1, 0.15) is 5.75 Å². The number of methoxy groups -OCH3 is 1. The first kappa shape index (κ1) is 18.7. The van der Waals surface area contributed by atoms with Crippen molar-refractivity contribution in [1.29, 1.82) is 0 Å². The average molecular weight is 375 g/mol. The molecule has 2 N–H and O–H groups in total. The lowest BCUT2D eigenvalue weighted by atomic mass is 10.1. The van der Waals surface area contributed by atoms with Gasteiger partial charge in [-0.15, -0.1) is 0 Å². The topological polar surface area (TPSA) is 56.8 Å². The minimum atomic E-state index is -0.201. The van der Waals surface area contributed by atoms with Gasteiger partial charge in [0.15, 0.2) is 0 Å². The molecule has 0 saturated carbocycles. The molecule has 1 aromatic carbocycles. The standard InChI is InChI=1S/C19H26N4O2S/c1-22-7-9-23(10-8-22)18(15-6-11-26-14-15)13-20-19(24)21-16-4-3-5-17(12-16)25-2/h3-6,11-12,14,18H,7-10,13H2,1-2H3,(H2,20,21,24). The fraction of sp³-hybridized carbons (Fsp3) is 0.421. The first-order chi connectivity index (χ1) is 12.7. The summed E-state index contributed by atoms with van der Waals surface area (Å²) in [6.07, 6.45) is 0. The quantitative estimate of drug-likeness (QED) is 0.816. The molecule has 1 atom stereocenters. The van der Waals surface area contributed by atoms with Crippen LogP contribution in [-0.2, 0) is 0 Å². The second kappa shape index (κ2) is 9.02. The lowest BCUT2D eigenvalue weighted by molar-refractivity contribution is 0.111. The number of nitrogens with zero attached hydrogens (tertiary/aromatic N) is 2. The number of thiophene rings is 1. The summed E-state index contributed by atoms with van der Waals surface area (Å²) in [6, 6.07) is 9.50. The molecule has 140 valence electrons. The van der Waals surface area contributed by atoms with Crippen molar-refractivity contribution in [2.75, 3.05) is 52.2 Å². The third kappa shape index (κ3) is 4.97. The largest absolute Gasteiger partial charge is 0.497 e. The maximum absolute atomic E-state index is 12.3. The molecule has 2 heterocycles. The van der Waals surface area contributed by atoms with Gasteiger partial charge in [-0.05, 0) is 41.6 Å². The van der Waals surface area contributed by atoms with Crippen LogP contribution in [0.25, 0.3) is 0 Å². The Morgan fingerprint density at radius 1 is 1.27 bits per heavy atom. The van der Waals surface area contributed by atoms with E-state index in [0.717, 1.165) is 31.9 Å². The van der Waals surface area contributed by atoms with Crippen molar-refractivity contribution >= 4 is 23.1 Å². The number of carbonyl (C=O) groups excluding carboxylic acids is 1. The van der Waals surface area contributed by atoms with Crippen molar-refractivity contribution in [3.63, 3.8) is 0 Å². The van der Waals surface area contributed by atoms with Crippen LogP contribution < -0.4 is 15.4 Å². The van der Waals surface area contributed by atoms with Crippen molar-refractivity contribution in [2.24, 2.45) is 0 Å². The minimum Gasteiger partial charge on any atom is -0.497 e. The molecular weight excluding hydrogens is 348 g/mol. The molecule has 1 fully saturated rings. The molecule has 1 aliphatic heterocycles.